The van der Waals surface area contributed by atoms with E-state index in [9.17, 15) is 4.79 Å². The number of nitrogens with zero attached hydrogens (tertiary/aromatic N) is 1. The molecule has 0 heterocycles. The minimum Gasteiger partial charge on any atom is -0.354 e. The maximum Gasteiger partial charge on any atom is 0.237 e. The van der Waals surface area contributed by atoms with Crippen LogP contribution in [0.4, 0.5) is 0 Å². The summed E-state index contributed by atoms with van der Waals surface area (Å²) in [5.41, 5.74) is 0. The van der Waals surface area contributed by atoms with Gasteiger partial charge in [0.05, 0.1) is 6.04 Å². The molecule has 0 aromatic heterocycles. The van der Waals surface area contributed by atoms with Gasteiger partial charge in [0, 0.05) is 22.2 Å². The monoisotopic (exact) mass is 312 g/mol. The van der Waals surface area contributed by atoms with Crippen molar-refractivity contribution in [2.75, 3.05) is 26.4 Å². The maximum absolute atomic E-state index is 12.1. The first-order valence-corrected chi connectivity index (χ1v) is 8.27. The van der Waals surface area contributed by atoms with Crippen molar-refractivity contribution in [3.63, 3.8) is 0 Å². The zero-order chi connectivity index (χ0) is 14.5. The molecule has 0 aliphatic heterocycles. The van der Waals surface area contributed by atoms with Crippen LogP contribution in [0.2, 0.25) is 5.02 Å². The Balaban J connectivity index is 1.69. The fraction of sp³-hybridized carbons (Fsp3) is 0.533. The van der Waals surface area contributed by atoms with Crippen LogP contribution in [-0.4, -0.2) is 43.2 Å². The molecule has 20 heavy (non-hydrogen) atoms. The number of benzene rings is 1. The highest BCUT2D eigenvalue weighted by atomic mass is 35.5. The smallest absolute Gasteiger partial charge is 0.237 e. The van der Waals surface area contributed by atoms with E-state index in [1.165, 1.54) is 17.7 Å². The fourth-order valence-electron chi connectivity index (χ4n) is 2.26. The van der Waals surface area contributed by atoms with Gasteiger partial charge < -0.3 is 5.32 Å². The normalized spacial score (nSPS) is 16.2. The number of likely N-dealkylation sites (N-methyl/N-ethyl adjacent to an activating group) is 1. The highest BCUT2D eigenvalue weighted by molar-refractivity contribution is 7.99. The van der Waals surface area contributed by atoms with Gasteiger partial charge in [-0.2, -0.15) is 0 Å². The quantitative estimate of drug-likeness (QED) is 0.620. The highest BCUT2D eigenvalue weighted by Crippen LogP contribution is 2.34. The molecule has 1 atom stereocenters. The molecule has 1 N–H and O–H groups in total. The number of hydrogen-bond donors (Lipinski definition) is 1. The average Bonchev–Trinajstić information content (AvgIpc) is 3.21. The predicted molar refractivity (Wildman–Crippen MR) is 85.4 cm³/mol. The summed E-state index contributed by atoms with van der Waals surface area (Å²) in [5.74, 6) is 1.58. The number of nitrogens with one attached hydrogen (secondary N) is 1. The van der Waals surface area contributed by atoms with Crippen molar-refractivity contribution in [1.29, 1.82) is 0 Å². The van der Waals surface area contributed by atoms with Gasteiger partial charge in [0.15, 0.2) is 0 Å². The van der Waals surface area contributed by atoms with E-state index in [0.29, 0.717) is 12.5 Å². The molecule has 1 fully saturated rings. The van der Waals surface area contributed by atoms with E-state index in [1.54, 1.807) is 11.8 Å². The molecule has 2 rings (SSSR count). The second kappa shape index (κ2) is 7.34. The van der Waals surface area contributed by atoms with Crippen LogP contribution >= 0.6 is 23.4 Å². The average molecular weight is 313 g/mol. The van der Waals surface area contributed by atoms with E-state index in [1.807, 2.05) is 43.3 Å². The largest absolute Gasteiger partial charge is 0.354 e. The molecule has 0 unspecified atom stereocenters. The number of hydrogen-bond acceptors (Lipinski definition) is 3. The Kier molecular flexibility index (Phi) is 5.75. The number of carbonyl (C=O) groups excluding carboxylic acids is 1. The Morgan fingerprint density at radius 2 is 2.05 bits per heavy atom. The van der Waals surface area contributed by atoms with Crippen molar-refractivity contribution < 1.29 is 4.79 Å². The lowest BCUT2D eigenvalue weighted by molar-refractivity contribution is -0.126. The second-order valence-corrected chi connectivity index (χ2v) is 6.94. The molecule has 110 valence electrons. The minimum absolute atomic E-state index is 0.0375. The van der Waals surface area contributed by atoms with Gasteiger partial charge in [-0.05, 0) is 57.1 Å². The Hall–Kier alpha value is -0.710. The summed E-state index contributed by atoms with van der Waals surface area (Å²) in [7, 11) is 3.95. The molecule has 1 amide bonds. The molecular weight excluding hydrogens is 292 g/mol. The molecule has 0 spiro atoms. The molecule has 1 aromatic rings. The van der Waals surface area contributed by atoms with Gasteiger partial charge in [0.25, 0.3) is 0 Å². The fourth-order valence-corrected chi connectivity index (χ4v) is 3.16. The van der Waals surface area contributed by atoms with Crippen LogP contribution in [0.15, 0.2) is 29.2 Å². The summed E-state index contributed by atoms with van der Waals surface area (Å²) in [5, 5.41) is 3.79. The second-order valence-electron chi connectivity index (χ2n) is 5.34. The van der Waals surface area contributed by atoms with E-state index in [0.717, 1.165) is 10.8 Å². The summed E-state index contributed by atoms with van der Waals surface area (Å²) >= 11 is 7.57. The molecule has 1 aromatic carbocycles. The van der Waals surface area contributed by atoms with Crippen molar-refractivity contribution >= 4 is 29.3 Å². The van der Waals surface area contributed by atoms with Crippen LogP contribution in [0, 0.1) is 5.92 Å². The van der Waals surface area contributed by atoms with Gasteiger partial charge in [0.1, 0.15) is 0 Å². The van der Waals surface area contributed by atoms with E-state index in [2.05, 4.69) is 5.32 Å². The Labute approximate surface area is 130 Å². The van der Waals surface area contributed by atoms with Crippen LogP contribution in [0.3, 0.4) is 0 Å². The van der Waals surface area contributed by atoms with E-state index >= 15 is 0 Å². The van der Waals surface area contributed by atoms with E-state index in [-0.39, 0.29) is 11.9 Å². The third-order valence-electron chi connectivity index (χ3n) is 3.38. The molecule has 5 heteroatoms. The Morgan fingerprint density at radius 3 is 2.60 bits per heavy atom. The molecule has 1 saturated carbocycles. The van der Waals surface area contributed by atoms with Crippen molar-refractivity contribution in [2.45, 2.75) is 23.8 Å². The maximum atomic E-state index is 12.1. The van der Waals surface area contributed by atoms with Gasteiger partial charge in [-0.15, -0.1) is 11.8 Å². The summed E-state index contributed by atoms with van der Waals surface area (Å²) in [6.07, 6.45) is 2.35. The first-order chi connectivity index (χ1) is 9.58. The van der Waals surface area contributed by atoms with Crippen molar-refractivity contribution in [3.8, 4) is 0 Å². The lowest BCUT2D eigenvalue weighted by atomic mass is 10.1. The topological polar surface area (TPSA) is 32.3 Å². The molecule has 0 radical (unpaired) electrons. The van der Waals surface area contributed by atoms with Gasteiger partial charge in [-0.25, -0.2) is 0 Å². The number of rotatable bonds is 7. The molecule has 1 aliphatic carbocycles. The number of amides is 1. The predicted octanol–water partition coefficient (Wildman–Crippen LogP) is 2.89. The summed E-state index contributed by atoms with van der Waals surface area (Å²) in [4.78, 5) is 15.3. The van der Waals surface area contributed by atoms with E-state index in [4.69, 9.17) is 11.6 Å². The number of thioether (sulfide) groups is 1. The Morgan fingerprint density at radius 1 is 1.40 bits per heavy atom. The number of halogens is 1. The number of carbonyl (C=O) groups is 1. The molecule has 0 bridgehead atoms. The molecule has 3 nitrogen and oxygen atoms in total. The molecule has 1 aliphatic rings. The third-order valence-corrected chi connectivity index (χ3v) is 4.64. The van der Waals surface area contributed by atoms with Crippen LogP contribution < -0.4 is 5.32 Å². The van der Waals surface area contributed by atoms with Crippen LogP contribution in [-0.2, 0) is 4.79 Å². The van der Waals surface area contributed by atoms with Crippen molar-refractivity contribution in [3.05, 3.63) is 29.3 Å². The summed E-state index contributed by atoms with van der Waals surface area (Å²) < 4.78 is 0. The van der Waals surface area contributed by atoms with Gasteiger partial charge in [-0.3, -0.25) is 9.69 Å². The van der Waals surface area contributed by atoms with E-state index < -0.39 is 0 Å². The van der Waals surface area contributed by atoms with Crippen LogP contribution in [0.5, 0.6) is 0 Å². The Bertz CT molecular complexity index is 444. The molecular formula is C15H21ClN2OS. The van der Waals surface area contributed by atoms with Crippen molar-refractivity contribution in [2.24, 2.45) is 5.92 Å². The standard InChI is InChI=1S/C15H21ClN2OS/c1-18(2)14(11-3-4-11)15(19)17-9-10-20-13-7-5-12(16)6-8-13/h5-8,11,14H,3-4,9-10H2,1-2H3,(H,17,19)/t14-/m1/s1. The lowest BCUT2D eigenvalue weighted by Gasteiger charge is -2.23. The zero-order valence-corrected chi connectivity index (χ0v) is 13.5. The van der Waals surface area contributed by atoms with Gasteiger partial charge in [-0.1, -0.05) is 11.6 Å². The lowest BCUT2D eigenvalue weighted by Crippen LogP contribution is -2.45. The zero-order valence-electron chi connectivity index (χ0n) is 11.9. The van der Waals surface area contributed by atoms with Crippen molar-refractivity contribution in [1.82, 2.24) is 10.2 Å². The third kappa shape index (κ3) is 4.69. The first-order valence-electron chi connectivity index (χ1n) is 6.90. The SMILES string of the molecule is CN(C)[C@@H](C(=O)NCCSc1ccc(Cl)cc1)C1CC1. The summed E-state index contributed by atoms with van der Waals surface area (Å²) in [6, 6.07) is 7.81. The van der Waals surface area contributed by atoms with Gasteiger partial charge >= 0.3 is 0 Å². The van der Waals surface area contributed by atoms with Crippen LogP contribution in [0.25, 0.3) is 0 Å². The highest BCUT2D eigenvalue weighted by Gasteiger charge is 2.37. The van der Waals surface area contributed by atoms with Crippen LogP contribution in [0.1, 0.15) is 12.8 Å². The minimum atomic E-state index is 0.0375. The first kappa shape index (κ1) is 15.7. The summed E-state index contributed by atoms with van der Waals surface area (Å²) in [6.45, 7) is 0.698. The molecule has 0 saturated heterocycles. The van der Waals surface area contributed by atoms with Gasteiger partial charge in [0.2, 0.25) is 5.91 Å².